The summed E-state index contributed by atoms with van der Waals surface area (Å²) in [6, 6.07) is 7.64. The van der Waals surface area contributed by atoms with Crippen LogP contribution in [0.4, 0.5) is 0 Å². The topological polar surface area (TPSA) is 44.8 Å². The number of hydrogen-bond donors (Lipinski definition) is 0. The summed E-state index contributed by atoms with van der Waals surface area (Å²) in [5.74, 6) is 1.85. The molecule has 1 atom stereocenters. The molecule has 2 aromatic carbocycles. The van der Waals surface area contributed by atoms with E-state index >= 15 is 0 Å². The van der Waals surface area contributed by atoms with E-state index in [1.54, 1.807) is 21.3 Å². The monoisotopic (exact) mass is 360 g/mol. The Morgan fingerprint density at radius 2 is 1.76 bits per heavy atom. The Balaban J connectivity index is 2.27. The number of ether oxygens (including phenoxy) is 3. The van der Waals surface area contributed by atoms with E-state index < -0.39 is 0 Å². The molecule has 1 unspecified atom stereocenters. The van der Waals surface area contributed by atoms with Crippen molar-refractivity contribution in [1.29, 1.82) is 0 Å². The number of benzene rings is 2. The van der Waals surface area contributed by atoms with Crippen molar-refractivity contribution in [3.63, 3.8) is 0 Å². The second-order valence-corrected chi connectivity index (χ2v) is 6.63. The number of methoxy groups -OCH3 is 3. The lowest BCUT2D eigenvalue weighted by molar-refractivity contribution is -0.119. The summed E-state index contributed by atoms with van der Waals surface area (Å²) in [7, 11) is 4.78. The molecule has 132 valence electrons. The van der Waals surface area contributed by atoms with E-state index in [0.717, 1.165) is 22.3 Å². The second-order valence-electron chi connectivity index (χ2n) is 6.19. The summed E-state index contributed by atoms with van der Waals surface area (Å²) in [5.41, 5.74) is 4.04. The molecule has 5 heteroatoms. The first-order chi connectivity index (χ1) is 12.0. The number of carbonyl (C=O) groups is 1. The van der Waals surface area contributed by atoms with Crippen LogP contribution in [0.5, 0.6) is 17.2 Å². The van der Waals surface area contributed by atoms with Gasteiger partial charge in [-0.05, 0) is 41.8 Å². The normalized spacial score (nSPS) is 16.4. The fourth-order valence-electron chi connectivity index (χ4n) is 3.67. The average molecular weight is 361 g/mol. The first-order valence-corrected chi connectivity index (χ1v) is 8.47. The highest BCUT2D eigenvalue weighted by atomic mass is 35.5. The molecule has 25 heavy (non-hydrogen) atoms. The zero-order valence-corrected chi connectivity index (χ0v) is 15.6. The van der Waals surface area contributed by atoms with Crippen LogP contribution < -0.4 is 14.2 Å². The first kappa shape index (κ1) is 17.6. The number of halogens is 1. The van der Waals surface area contributed by atoms with E-state index in [9.17, 15) is 4.79 Å². The highest BCUT2D eigenvalue weighted by Crippen LogP contribution is 2.50. The molecule has 0 saturated heterocycles. The molecule has 1 aliphatic rings. The SMILES string of the molecule is COc1cc2c(c(OC)c1OC)C(c1ccc(Cl)cc1C)CC(=O)C2. The van der Waals surface area contributed by atoms with Gasteiger partial charge >= 0.3 is 0 Å². The quantitative estimate of drug-likeness (QED) is 0.814. The molecule has 0 spiro atoms. The number of fused-ring (bicyclic) bond motifs is 1. The standard InChI is InChI=1S/C20H21ClO4/c1-11-7-13(21)5-6-15(11)16-10-14(22)8-12-9-17(23-2)19(24-3)20(25-4)18(12)16/h5-7,9,16H,8,10H2,1-4H3. The van der Waals surface area contributed by atoms with Gasteiger partial charge in [-0.3, -0.25) is 4.79 Å². The second kappa shape index (κ2) is 6.96. The van der Waals surface area contributed by atoms with Crippen LogP contribution in [0, 0.1) is 6.92 Å². The van der Waals surface area contributed by atoms with Crippen molar-refractivity contribution < 1.29 is 19.0 Å². The molecule has 2 aromatic rings. The third kappa shape index (κ3) is 3.07. The van der Waals surface area contributed by atoms with Gasteiger partial charge in [0.05, 0.1) is 21.3 Å². The Labute approximate surface area is 152 Å². The Bertz CT molecular complexity index is 829. The maximum atomic E-state index is 12.4. The van der Waals surface area contributed by atoms with E-state index in [-0.39, 0.29) is 11.7 Å². The van der Waals surface area contributed by atoms with Crippen LogP contribution in [-0.2, 0) is 11.2 Å². The zero-order valence-electron chi connectivity index (χ0n) is 14.8. The van der Waals surface area contributed by atoms with Crippen molar-refractivity contribution in [2.45, 2.75) is 25.7 Å². The molecule has 0 radical (unpaired) electrons. The van der Waals surface area contributed by atoms with Gasteiger partial charge in [-0.15, -0.1) is 0 Å². The van der Waals surface area contributed by atoms with Gasteiger partial charge in [0.1, 0.15) is 5.78 Å². The maximum absolute atomic E-state index is 12.4. The van der Waals surface area contributed by atoms with Crippen molar-refractivity contribution in [3.8, 4) is 17.2 Å². The van der Waals surface area contributed by atoms with Crippen molar-refractivity contribution >= 4 is 17.4 Å². The van der Waals surface area contributed by atoms with Crippen LogP contribution in [0.2, 0.25) is 5.02 Å². The summed E-state index contributed by atoms with van der Waals surface area (Å²) in [6.45, 7) is 2.01. The van der Waals surface area contributed by atoms with Gasteiger partial charge < -0.3 is 14.2 Å². The molecule has 4 nitrogen and oxygen atoms in total. The Hall–Kier alpha value is -2.20. The van der Waals surface area contributed by atoms with Crippen LogP contribution in [-0.4, -0.2) is 27.1 Å². The van der Waals surface area contributed by atoms with Crippen LogP contribution in [0.3, 0.4) is 0 Å². The minimum atomic E-state index is -0.0942. The highest BCUT2D eigenvalue weighted by molar-refractivity contribution is 6.30. The highest BCUT2D eigenvalue weighted by Gasteiger charge is 2.33. The number of aryl methyl sites for hydroxylation is 1. The Morgan fingerprint density at radius 3 is 2.36 bits per heavy atom. The molecule has 0 aromatic heterocycles. The molecule has 0 amide bonds. The lowest BCUT2D eigenvalue weighted by atomic mass is 9.76. The minimum absolute atomic E-state index is 0.0942. The van der Waals surface area contributed by atoms with Crippen LogP contribution in [0.15, 0.2) is 24.3 Å². The van der Waals surface area contributed by atoms with E-state index in [1.165, 1.54) is 0 Å². The molecule has 0 heterocycles. The fourth-order valence-corrected chi connectivity index (χ4v) is 3.89. The van der Waals surface area contributed by atoms with Crippen molar-refractivity contribution in [1.82, 2.24) is 0 Å². The Kier molecular flexibility index (Phi) is 4.91. The molecular formula is C20H21ClO4. The van der Waals surface area contributed by atoms with Gasteiger partial charge in [0.15, 0.2) is 11.5 Å². The van der Waals surface area contributed by atoms with Crippen molar-refractivity contribution in [3.05, 3.63) is 51.5 Å². The van der Waals surface area contributed by atoms with Gasteiger partial charge in [-0.2, -0.15) is 0 Å². The third-order valence-corrected chi connectivity index (χ3v) is 4.96. The van der Waals surface area contributed by atoms with Crippen molar-refractivity contribution in [2.24, 2.45) is 0 Å². The van der Waals surface area contributed by atoms with E-state index in [2.05, 4.69) is 0 Å². The van der Waals surface area contributed by atoms with E-state index in [1.807, 2.05) is 31.2 Å². The molecule has 0 bridgehead atoms. The van der Waals surface area contributed by atoms with Crippen LogP contribution >= 0.6 is 11.6 Å². The fraction of sp³-hybridized carbons (Fsp3) is 0.350. The number of carbonyl (C=O) groups excluding carboxylic acids is 1. The van der Waals surface area contributed by atoms with Crippen LogP contribution in [0.1, 0.15) is 34.6 Å². The predicted octanol–water partition coefficient (Wildman–Crippen LogP) is 4.32. The number of rotatable bonds is 4. The van der Waals surface area contributed by atoms with Gasteiger partial charge in [0.2, 0.25) is 5.75 Å². The van der Waals surface area contributed by atoms with E-state index in [4.69, 9.17) is 25.8 Å². The summed E-state index contributed by atoms with van der Waals surface area (Å²) >= 11 is 6.10. The summed E-state index contributed by atoms with van der Waals surface area (Å²) in [5, 5.41) is 0.683. The molecular weight excluding hydrogens is 340 g/mol. The third-order valence-electron chi connectivity index (χ3n) is 4.73. The van der Waals surface area contributed by atoms with E-state index in [0.29, 0.717) is 35.1 Å². The maximum Gasteiger partial charge on any atom is 0.203 e. The summed E-state index contributed by atoms with van der Waals surface area (Å²) in [6.07, 6.45) is 0.802. The number of hydrogen-bond acceptors (Lipinski definition) is 4. The molecule has 0 fully saturated rings. The molecule has 0 aliphatic heterocycles. The van der Waals surface area contributed by atoms with Gasteiger partial charge in [0, 0.05) is 29.3 Å². The average Bonchev–Trinajstić information content (AvgIpc) is 2.59. The number of Topliss-reactive ketones (excluding diaryl/α,β-unsaturated/α-hetero) is 1. The Morgan fingerprint density at radius 1 is 1.04 bits per heavy atom. The molecule has 0 saturated carbocycles. The van der Waals surface area contributed by atoms with Gasteiger partial charge in [0.25, 0.3) is 0 Å². The van der Waals surface area contributed by atoms with Gasteiger partial charge in [-0.1, -0.05) is 17.7 Å². The summed E-state index contributed by atoms with van der Waals surface area (Å²) in [4.78, 5) is 12.4. The first-order valence-electron chi connectivity index (χ1n) is 8.09. The zero-order chi connectivity index (χ0) is 18.1. The lowest BCUT2D eigenvalue weighted by Gasteiger charge is -2.30. The minimum Gasteiger partial charge on any atom is -0.493 e. The largest absolute Gasteiger partial charge is 0.493 e. The molecule has 3 rings (SSSR count). The molecule has 0 N–H and O–H groups in total. The van der Waals surface area contributed by atoms with Gasteiger partial charge in [-0.25, -0.2) is 0 Å². The summed E-state index contributed by atoms with van der Waals surface area (Å²) < 4.78 is 16.6. The smallest absolute Gasteiger partial charge is 0.203 e. The van der Waals surface area contributed by atoms with Crippen LogP contribution in [0.25, 0.3) is 0 Å². The lowest BCUT2D eigenvalue weighted by Crippen LogP contribution is -2.21. The molecule has 1 aliphatic carbocycles. The van der Waals surface area contributed by atoms with Crippen molar-refractivity contribution in [2.75, 3.05) is 21.3 Å². The predicted molar refractivity (Wildman–Crippen MR) is 97.5 cm³/mol. The number of ketones is 1.